The Hall–Kier alpha value is -1.73. The first-order valence-electron chi connectivity index (χ1n) is 5.83. The smallest absolute Gasteiger partial charge is 0.221 e. The quantitative estimate of drug-likeness (QED) is 0.770. The van der Waals surface area contributed by atoms with Crippen LogP contribution in [-0.2, 0) is 11.3 Å². The van der Waals surface area contributed by atoms with Crippen LogP contribution in [0.2, 0.25) is 0 Å². The van der Waals surface area contributed by atoms with Gasteiger partial charge >= 0.3 is 0 Å². The number of rotatable bonds is 5. The molecule has 19 heavy (non-hydrogen) atoms. The number of carbonyl (C=O) groups excluding carboxylic acids is 1. The van der Waals surface area contributed by atoms with Gasteiger partial charge in [-0.1, -0.05) is 28.1 Å². The number of hydrogen-bond acceptors (Lipinski definition) is 4. The van der Waals surface area contributed by atoms with Crippen LogP contribution < -0.4 is 11.1 Å². The molecule has 4 N–H and O–H groups in total. The van der Waals surface area contributed by atoms with Gasteiger partial charge in [-0.15, -0.1) is 0 Å². The summed E-state index contributed by atoms with van der Waals surface area (Å²) in [4.78, 5) is 15.6. The van der Waals surface area contributed by atoms with Gasteiger partial charge in [0.15, 0.2) is 5.82 Å². The highest BCUT2D eigenvalue weighted by molar-refractivity contribution is 9.10. The van der Waals surface area contributed by atoms with E-state index in [9.17, 15) is 4.79 Å². The molecule has 7 heteroatoms. The predicted octanol–water partition coefficient (Wildman–Crippen LogP) is 1.20. The van der Waals surface area contributed by atoms with Gasteiger partial charge in [-0.3, -0.25) is 9.89 Å². The second-order valence-electron chi connectivity index (χ2n) is 3.93. The maximum atomic E-state index is 11.3. The largest absolute Gasteiger partial charge is 0.349 e. The number of H-pyrrole nitrogens is 1. The van der Waals surface area contributed by atoms with Crippen LogP contribution >= 0.6 is 15.9 Å². The number of amides is 1. The first-order valence-corrected chi connectivity index (χ1v) is 6.62. The molecule has 0 fully saturated rings. The maximum absolute atomic E-state index is 11.3. The van der Waals surface area contributed by atoms with Crippen molar-refractivity contribution in [3.8, 4) is 11.4 Å². The molecule has 2 aromatic rings. The third-order valence-electron chi connectivity index (χ3n) is 2.46. The van der Waals surface area contributed by atoms with Crippen molar-refractivity contribution in [2.24, 2.45) is 5.73 Å². The summed E-state index contributed by atoms with van der Waals surface area (Å²) >= 11 is 3.37. The second kappa shape index (κ2) is 6.44. The summed E-state index contributed by atoms with van der Waals surface area (Å²) in [6.45, 7) is 0.661. The fraction of sp³-hybridized carbons (Fsp3) is 0.250. The molecule has 1 aromatic heterocycles. The average Bonchev–Trinajstić information content (AvgIpc) is 2.86. The zero-order valence-electron chi connectivity index (χ0n) is 10.2. The standard InChI is InChI=1S/C12H14BrN5O/c13-9-3-1-8(2-4-9)12-16-10(17-18-12)7-15-11(19)5-6-14/h1-4H,5-7,14H2,(H,15,19)(H,16,17,18). The van der Waals surface area contributed by atoms with Crippen molar-refractivity contribution in [2.45, 2.75) is 13.0 Å². The molecule has 1 amide bonds. The summed E-state index contributed by atoms with van der Waals surface area (Å²) in [7, 11) is 0. The fourth-order valence-corrected chi connectivity index (χ4v) is 1.77. The highest BCUT2D eigenvalue weighted by Crippen LogP contribution is 2.18. The monoisotopic (exact) mass is 323 g/mol. The minimum atomic E-state index is -0.0934. The minimum Gasteiger partial charge on any atom is -0.349 e. The van der Waals surface area contributed by atoms with Gasteiger partial charge in [0, 0.05) is 23.0 Å². The van der Waals surface area contributed by atoms with Crippen molar-refractivity contribution in [3.05, 3.63) is 34.6 Å². The number of carbonyl (C=O) groups is 1. The molecule has 0 saturated carbocycles. The van der Waals surface area contributed by atoms with Crippen molar-refractivity contribution in [1.29, 1.82) is 0 Å². The highest BCUT2D eigenvalue weighted by Gasteiger charge is 2.07. The Morgan fingerprint density at radius 2 is 2.11 bits per heavy atom. The lowest BCUT2D eigenvalue weighted by atomic mass is 10.2. The van der Waals surface area contributed by atoms with E-state index < -0.39 is 0 Å². The Morgan fingerprint density at radius 3 is 2.79 bits per heavy atom. The highest BCUT2D eigenvalue weighted by atomic mass is 79.9. The van der Waals surface area contributed by atoms with Gasteiger partial charge in [-0.25, -0.2) is 4.98 Å². The summed E-state index contributed by atoms with van der Waals surface area (Å²) in [6, 6.07) is 7.69. The first kappa shape index (κ1) is 13.7. The molecular weight excluding hydrogens is 310 g/mol. The van der Waals surface area contributed by atoms with Gasteiger partial charge in [0.1, 0.15) is 5.82 Å². The summed E-state index contributed by atoms with van der Waals surface area (Å²) in [5.41, 5.74) is 6.21. The van der Waals surface area contributed by atoms with Gasteiger partial charge in [0.2, 0.25) is 5.91 Å². The molecule has 6 nitrogen and oxygen atoms in total. The first-order chi connectivity index (χ1) is 9.19. The van der Waals surface area contributed by atoms with Gasteiger partial charge in [-0.2, -0.15) is 5.10 Å². The molecule has 0 atom stereocenters. The number of nitrogens with one attached hydrogen (secondary N) is 2. The summed E-state index contributed by atoms with van der Waals surface area (Å²) in [5, 5.41) is 9.62. The van der Waals surface area contributed by atoms with Crippen LogP contribution in [0.15, 0.2) is 28.7 Å². The van der Waals surface area contributed by atoms with Crippen molar-refractivity contribution in [2.75, 3.05) is 6.54 Å². The summed E-state index contributed by atoms with van der Waals surface area (Å²) in [5.74, 6) is 1.13. The maximum Gasteiger partial charge on any atom is 0.221 e. The number of aromatic nitrogens is 3. The lowest BCUT2D eigenvalue weighted by molar-refractivity contribution is -0.121. The molecule has 0 aliphatic heterocycles. The lowest BCUT2D eigenvalue weighted by Gasteiger charge is -2.00. The molecule has 0 saturated heterocycles. The van der Waals surface area contributed by atoms with Gasteiger partial charge in [-0.05, 0) is 12.1 Å². The van der Waals surface area contributed by atoms with Gasteiger partial charge in [0.25, 0.3) is 0 Å². The van der Waals surface area contributed by atoms with Crippen LogP contribution in [0.3, 0.4) is 0 Å². The Labute approximate surface area is 118 Å². The van der Waals surface area contributed by atoms with Crippen molar-refractivity contribution < 1.29 is 4.79 Å². The topological polar surface area (TPSA) is 96.7 Å². The van der Waals surface area contributed by atoms with Crippen LogP contribution in [0.25, 0.3) is 11.4 Å². The van der Waals surface area contributed by atoms with Gasteiger partial charge in [0.05, 0.1) is 6.54 Å². The number of hydrogen-bond donors (Lipinski definition) is 3. The fourth-order valence-electron chi connectivity index (χ4n) is 1.50. The zero-order valence-corrected chi connectivity index (χ0v) is 11.8. The number of aromatic amines is 1. The summed E-state index contributed by atoms with van der Waals surface area (Å²) < 4.78 is 1.00. The average molecular weight is 324 g/mol. The zero-order chi connectivity index (χ0) is 13.7. The van der Waals surface area contributed by atoms with E-state index in [-0.39, 0.29) is 5.91 Å². The molecule has 0 aliphatic rings. The molecule has 0 unspecified atom stereocenters. The van der Waals surface area contributed by atoms with E-state index in [1.807, 2.05) is 24.3 Å². The van der Waals surface area contributed by atoms with Crippen LogP contribution in [0.5, 0.6) is 0 Å². The Balaban J connectivity index is 1.99. The predicted molar refractivity (Wildman–Crippen MR) is 75.0 cm³/mol. The minimum absolute atomic E-state index is 0.0934. The Morgan fingerprint density at radius 1 is 1.37 bits per heavy atom. The third kappa shape index (κ3) is 3.87. The van der Waals surface area contributed by atoms with Crippen molar-refractivity contribution in [3.63, 3.8) is 0 Å². The lowest BCUT2D eigenvalue weighted by Crippen LogP contribution is -2.25. The number of nitrogens with zero attached hydrogens (tertiary/aromatic N) is 2. The van der Waals surface area contributed by atoms with E-state index in [2.05, 4.69) is 36.4 Å². The molecule has 2 rings (SSSR count). The molecule has 0 bridgehead atoms. The summed E-state index contributed by atoms with van der Waals surface area (Å²) in [6.07, 6.45) is 0.313. The van der Waals surface area contributed by atoms with E-state index in [1.165, 1.54) is 0 Å². The van der Waals surface area contributed by atoms with E-state index in [0.717, 1.165) is 10.0 Å². The number of benzene rings is 1. The van der Waals surface area contributed by atoms with Crippen molar-refractivity contribution in [1.82, 2.24) is 20.5 Å². The van der Waals surface area contributed by atoms with Crippen molar-refractivity contribution >= 4 is 21.8 Å². The third-order valence-corrected chi connectivity index (χ3v) is 2.99. The number of nitrogens with two attached hydrogens (primary N) is 1. The Bertz CT molecular complexity index is 552. The molecular formula is C12H14BrN5O. The van der Waals surface area contributed by atoms with Crippen LogP contribution in [0.1, 0.15) is 12.2 Å². The molecule has 1 aromatic carbocycles. The van der Waals surface area contributed by atoms with E-state index in [0.29, 0.717) is 31.2 Å². The molecule has 1 heterocycles. The normalized spacial score (nSPS) is 10.4. The second-order valence-corrected chi connectivity index (χ2v) is 4.84. The Kier molecular flexibility index (Phi) is 4.64. The number of halogens is 1. The SMILES string of the molecule is NCCC(=O)NCc1nc(-c2ccc(Br)cc2)n[nH]1. The molecule has 0 radical (unpaired) electrons. The van der Waals surface area contributed by atoms with E-state index in [4.69, 9.17) is 5.73 Å². The van der Waals surface area contributed by atoms with Crippen LogP contribution in [0.4, 0.5) is 0 Å². The van der Waals surface area contributed by atoms with E-state index in [1.54, 1.807) is 0 Å². The van der Waals surface area contributed by atoms with Gasteiger partial charge < -0.3 is 11.1 Å². The molecule has 0 spiro atoms. The molecule has 100 valence electrons. The van der Waals surface area contributed by atoms with Crippen LogP contribution in [-0.4, -0.2) is 27.6 Å². The van der Waals surface area contributed by atoms with Crippen LogP contribution in [0, 0.1) is 0 Å². The molecule has 0 aliphatic carbocycles. The van der Waals surface area contributed by atoms with E-state index >= 15 is 0 Å².